The molecule has 3 heterocycles. The molecule has 0 saturated carbocycles. The highest BCUT2D eigenvalue weighted by molar-refractivity contribution is 7.20. The van der Waals surface area contributed by atoms with Crippen molar-refractivity contribution in [2.75, 3.05) is 6.61 Å². The summed E-state index contributed by atoms with van der Waals surface area (Å²) in [6, 6.07) is 1.80. The molecule has 0 radical (unpaired) electrons. The van der Waals surface area contributed by atoms with E-state index in [1.807, 2.05) is 4.57 Å². The second-order valence-electron chi connectivity index (χ2n) is 3.84. The van der Waals surface area contributed by atoms with Gasteiger partial charge in [0, 0.05) is 6.61 Å². The van der Waals surface area contributed by atoms with E-state index in [0.29, 0.717) is 4.88 Å². The van der Waals surface area contributed by atoms with Crippen molar-refractivity contribution in [1.82, 2.24) is 9.55 Å². The maximum atomic E-state index is 11.0. The van der Waals surface area contributed by atoms with Gasteiger partial charge in [0.2, 0.25) is 0 Å². The normalized spacial score (nSPS) is 19.9. The third kappa shape index (κ3) is 1.50. The van der Waals surface area contributed by atoms with E-state index >= 15 is 0 Å². The van der Waals surface area contributed by atoms with Gasteiger partial charge in [-0.25, -0.2) is 4.98 Å². The second kappa shape index (κ2) is 3.57. The van der Waals surface area contributed by atoms with Gasteiger partial charge >= 0.3 is 0 Å². The fourth-order valence-corrected chi connectivity index (χ4v) is 2.63. The molecule has 0 aliphatic carbocycles. The minimum atomic E-state index is -0.394. The van der Waals surface area contributed by atoms with Gasteiger partial charge < -0.3 is 15.0 Å². The fourth-order valence-electron chi connectivity index (χ4n) is 1.77. The zero-order chi connectivity index (χ0) is 11.1. The van der Waals surface area contributed by atoms with Crippen molar-refractivity contribution in [3.05, 3.63) is 17.3 Å². The van der Waals surface area contributed by atoms with Gasteiger partial charge in [-0.15, -0.1) is 11.3 Å². The number of imidazole rings is 1. The first-order valence-corrected chi connectivity index (χ1v) is 5.92. The Morgan fingerprint density at radius 2 is 2.56 bits per heavy atom. The first-order valence-electron chi connectivity index (χ1n) is 5.10. The van der Waals surface area contributed by atoms with E-state index in [1.54, 1.807) is 12.4 Å². The number of ether oxygens (including phenoxy) is 1. The molecule has 1 aliphatic heterocycles. The largest absolute Gasteiger partial charge is 0.376 e. The van der Waals surface area contributed by atoms with E-state index in [2.05, 4.69) is 4.98 Å². The van der Waals surface area contributed by atoms with Crippen LogP contribution in [0.2, 0.25) is 0 Å². The van der Waals surface area contributed by atoms with E-state index in [1.165, 1.54) is 11.3 Å². The predicted octanol–water partition coefficient (Wildman–Crippen LogP) is 0.986. The third-order valence-corrected chi connectivity index (χ3v) is 3.80. The topological polar surface area (TPSA) is 70.1 Å². The lowest BCUT2D eigenvalue weighted by molar-refractivity contribution is -0.0586. The van der Waals surface area contributed by atoms with Crippen LogP contribution in [0.25, 0.3) is 10.3 Å². The molecular formula is C10H11N3O2S. The lowest BCUT2D eigenvalue weighted by Crippen LogP contribution is -2.30. The number of nitrogens with two attached hydrogens (primary N) is 1. The molecule has 2 aromatic heterocycles. The van der Waals surface area contributed by atoms with Gasteiger partial charge in [0.1, 0.15) is 4.83 Å². The molecule has 6 heteroatoms. The highest BCUT2D eigenvalue weighted by Crippen LogP contribution is 2.25. The van der Waals surface area contributed by atoms with Crippen LogP contribution >= 0.6 is 11.3 Å². The van der Waals surface area contributed by atoms with Crippen molar-refractivity contribution in [2.24, 2.45) is 5.73 Å². The number of rotatable bonds is 3. The predicted molar refractivity (Wildman–Crippen MR) is 60.5 cm³/mol. The number of amides is 1. The van der Waals surface area contributed by atoms with E-state index in [4.69, 9.17) is 10.5 Å². The first kappa shape index (κ1) is 9.80. The molecule has 1 saturated heterocycles. The average Bonchev–Trinajstić information content (AvgIpc) is 2.70. The maximum Gasteiger partial charge on any atom is 0.258 e. The Balaban J connectivity index is 1.94. The van der Waals surface area contributed by atoms with E-state index in [9.17, 15) is 4.79 Å². The lowest BCUT2D eigenvalue weighted by Gasteiger charge is -2.26. The molecule has 1 atom stereocenters. The van der Waals surface area contributed by atoms with Crippen molar-refractivity contribution in [1.29, 1.82) is 0 Å². The molecule has 16 heavy (non-hydrogen) atoms. The van der Waals surface area contributed by atoms with Gasteiger partial charge in [-0.1, -0.05) is 0 Å². The molecule has 1 aliphatic rings. The minimum absolute atomic E-state index is 0.286. The number of carbonyl (C=O) groups is 1. The third-order valence-electron chi connectivity index (χ3n) is 2.75. The molecule has 2 N–H and O–H groups in total. The summed E-state index contributed by atoms with van der Waals surface area (Å²) < 4.78 is 7.39. The Bertz CT molecular complexity index is 541. The van der Waals surface area contributed by atoms with Crippen LogP contribution in [0.15, 0.2) is 12.4 Å². The molecule has 84 valence electrons. The van der Waals surface area contributed by atoms with Crippen molar-refractivity contribution in [3.63, 3.8) is 0 Å². The quantitative estimate of drug-likeness (QED) is 0.865. The van der Waals surface area contributed by atoms with Crippen LogP contribution in [-0.2, 0) is 11.3 Å². The molecule has 2 aromatic rings. The number of fused-ring (bicyclic) bond motifs is 1. The van der Waals surface area contributed by atoms with Crippen molar-refractivity contribution in [2.45, 2.75) is 19.1 Å². The molecular weight excluding hydrogens is 226 g/mol. The Hall–Kier alpha value is -1.40. The maximum absolute atomic E-state index is 11.0. The monoisotopic (exact) mass is 237 g/mol. The Morgan fingerprint density at radius 1 is 1.75 bits per heavy atom. The fraction of sp³-hybridized carbons (Fsp3) is 0.400. The van der Waals surface area contributed by atoms with Crippen LogP contribution in [0, 0.1) is 0 Å². The van der Waals surface area contributed by atoms with Gasteiger partial charge in [0.05, 0.1) is 29.4 Å². The highest BCUT2D eigenvalue weighted by atomic mass is 32.1. The standard InChI is InChI=1S/C10H11N3O2S/c11-9(14)8-3-7-10(16-8)12-5-13(7)4-6-1-2-15-6/h3,5-6H,1-2,4H2,(H2,11,14). The molecule has 3 rings (SSSR count). The number of carbonyl (C=O) groups excluding carboxylic acids is 1. The van der Waals surface area contributed by atoms with Crippen molar-refractivity contribution < 1.29 is 9.53 Å². The lowest BCUT2D eigenvalue weighted by atomic mass is 10.2. The molecule has 1 unspecified atom stereocenters. The molecule has 0 spiro atoms. The van der Waals surface area contributed by atoms with E-state index < -0.39 is 5.91 Å². The van der Waals surface area contributed by atoms with Gasteiger partial charge in [0.15, 0.2) is 0 Å². The molecule has 5 nitrogen and oxygen atoms in total. The van der Waals surface area contributed by atoms with Gasteiger partial charge in [0.25, 0.3) is 5.91 Å². The van der Waals surface area contributed by atoms with Crippen LogP contribution in [0.1, 0.15) is 16.1 Å². The minimum Gasteiger partial charge on any atom is -0.376 e. The molecule has 1 fully saturated rings. The summed E-state index contributed by atoms with van der Waals surface area (Å²) in [5.74, 6) is -0.394. The van der Waals surface area contributed by atoms with Crippen LogP contribution in [0.3, 0.4) is 0 Å². The highest BCUT2D eigenvalue weighted by Gasteiger charge is 2.20. The Kier molecular flexibility index (Phi) is 2.19. The Labute approximate surface area is 95.8 Å². The molecule has 0 aromatic carbocycles. The molecule has 1 amide bonds. The summed E-state index contributed by atoms with van der Waals surface area (Å²) in [5.41, 5.74) is 6.20. The van der Waals surface area contributed by atoms with E-state index in [0.717, 1.165) is 29.9 Å². The number of hydrogen-bond donors (Lipinski definition) is 1. The van der Waals surface area contributed by atoms with Crippen LogP contribution in [0.4, 0.5) is 0 Å². The van der Waals surface area contributed by atoms with E-state index in [-0.39, 0.29) is 6.10 Å². The summed E-state index contributed by atoms with van der Waals surface area (Å²) in [4.78, 5) is 16.7. The SMILES string of the molecule is NC(=O)c1cc2c(ncn2CC2CCO2)s1. The summed E-state index contributed by atoms with van der Waals surface area (Å²) in [7, 11) is 0. The van der Waals surface area contributed by atoms with Crippen LogP contribution in [-0.4, -0.2) is 28.2 Å². The van der Waals surface area contributed by atoms with Crippen molar-refractivity contribution in [3.8, 4) is 0 Å². The zero-order valence-corrected chi connectivity index (χ0v) is 9.37. The second-order valence-corrected chi connectivity index (χ2v) is 4.87. The van der Waals surface area contributed by atoms with Gasteiger partial charge in [-0.2, -0.15) is 0 Å². The van der Waals surface area contributed by atoms with Crippen LogP contribution in [0.5, 0.6) is 0 Å². The number of primary amides is 1. The number of hydrogen-bond acceptors (Lipinski definition) is 4. The zero-order valence-electron chi connectivity index (χ0n) is 8.55. The first-order chi connectivity index (χ1) is 7.74. The number of nitrogens with zero attached hydrogens (tertiary/aromatic N) is 2. The van der Waals surface area contributed by atoms with Gasteiger partial charge in [-0.05, 0) is 12.5 Å². The Morgan fingerprint density at radius 3 is 3.19 bits per heavy atom. The van der Waals surface area contributed by atoms with Crippen LogP contribution < -0.4 is 5.73 Å². The summed E-state index contributed by atoms with van der Waals surface area (Å²) >= 11 is 1.33. The summed E-state index contributed by atoms with van der Waals surface area (Å²) in [6.07, 6.45) is 3.16. The summed E-state index contributed by atoms with van der Waals surface area (Å²) in [6.45, 7) is 1.64. The average molecular weight is 237 g/mol. The summed E-state index contributed by atoms with van der Waals surface area (Å²) in [5, 5.41) is 0. The number of thiophene rings is 1. The number of aromatic nitrogens is 2. The van der Waals surface area contributed by atoms with Crippen molar-refractivity contribution >= 4 is 27.6 Å². The smallest absolute Gasteiger partial charge is 0.258 e. The molecule has 0 bridgehead atoms. The van der Waals surface area contributed by atoms with Gasteiger partial charge in [-0.3, -0.25) is 4.79 Å².